The Hall–Kier alpha value is -1.64. The van der Waals surface area contributed by atoms with Crippen LogP contribution in [0.4, 0.5) is 0 Å². The number of nitrogens with zero attached hydrogens (tertiary/aromatic N) is 3. The van der Waals surface area contributed by atoms with Crippen LogP contribution in [-0.2, 0) is 6.54 Å². The maximum Gasteiger partial charge on any atom is 0.149 e. The molecule has 1 aliphatic rings. The Morgan fingerprint density at radius 1 is 1.57 bits per heavy atom. The van der Waals surface area contributed by atoms with E-state index in [0.717, 1.165) is 25.2 Å². The fourth-order valence-corrected chi connectivity index (χ4v) is 3.30. The number of hydrogen-bond donors (Lipinski definition) is 1. The Bertz CT molecular complexity index is 621. The van der Waals surface area contributed by atoms with Gasteiger partial charge in [0.25, 0.3) is 0 Å². The normalized spacial score (nSPS) is 17.3. The number of aryl methyl sites for hydroxylation is 1. The molecule has 0 bridgehead atoms. The predicted molar refractivity (Wildman–Crippen MR) is 84.9 cm³/mol. The number of thiophene rings is 1. The number of rotatable bonds is 7. The van der Waals surface area contributed by atoms with Gasteiger partial charge in [0.05, 0.1) is 10.9 Å². The van der Waals surface area contributed by atoms with Crippen LogP contribution in [-0.4, -0.2) is 21.1 Å². The number of nitrogens with one attached hydrogen (secondary N) is 1. The zero-order chi connectivity index (χ0) is 14.7. The smallest absolute Gasteiger partial charge is 0.149 e. The molecule has 0 aliphatic heterocycles. The lowest BCUT2D eigenvalue weighted by atomic mass is 9.97. The van der Waals surface area contributed by atoms with Crippen molar-refractivity contribution in [2.45, 2.75) is 50.7 Å². The zero-order valence-electron chi connectivity index (χ0n) is 12.2. The van der Waals surface area contributed by atoms with Crippen molar-refractivity contribution >= 4 is 11.3 Å². The highest BCUT2D eigenvalue weighted by atomic mass is 32.1. The molecule has 0 amide bonds. The topological polar surface area (TPSA) is 53.6 Å². The molecule has 1 atom stereocenters. The van der Waals surface area contributed by atoms with Crippen molar-refractivity contribution < 1.29 is 0 Å². The molecule has 2 heterocycles. The average molecular weight is 300 g/mol. The van der Waals surface area contributed by atoms with Crippen LogP contribution in [0.5, 0.6) is 0 Å². The first-order valence-corrected chi connectivity index (χ1v) is 8.32. The molecule has 3 rings (SSSR count). The van der Waals surface area contributed by atoms with Crippen LogP contribution in [0.15, 0.2) is 29.9 Å². The van der Waals surface area contributed by atoms with Crippen molar-refractivity contribution in [1.82, 2.24) is 14.9 Å². The first-order valence-electron chi connectivity index (χ1n) is 7.44. The second kappa shape index (κ2) is 6.00. The molecule has 4 nitrogen and oxygen atoms in total. The minimum Gasteiger partial charge on any atom is -0.330 e. The first kappa shape index (κ1) is 14.3. The maximum atomic E-state index is 9.39. The van der Waals surface area contributed by atoms with E-state index in [0.29, 0.717) is 6.04 Å². The van der Waals surface area contributed by atoms with Crippen molar-refractivity contribution in [3.8, 4) is 16.8 Å². The maximum absolute atomic E-state index is 9.39. The standard InChI is InChI=1S/C16H20N4S/c1-16(12-17,19-13-5-6-13)7-3-9-20-10-8-18-15(20)14-4-2-11-21-14/h2,4,8,10-11,13,19H,3,5-7,9H2,1H3. The molecule has 2 aromatic rings. The van der Waals surface area contributed by atoms with Crippen molar-refractivity contribution in [2.75, 3.05) is 0 Å². The van der Waals surface area contributed by atoms with Gasteiger partial charge in [-0.3, -0.25) is 5.32 Å². The van der Waals surface area contributed by atoms with E-state index in [4.69, 9.17) is 0 Å². The molecule has 0 spiro atoms. The third-order valence-electron chi connectivity index (χ3n) is 3.88. The lowest BCUT2D eigenvalue weighted by Crippen LogP contribution is -2.42. The van der Waals surface area contributed by atoms with Crippen LogP contribution in [0.2, 0.25) is 0 Å². The van der Waals surface area contributed by atoms with Gasteiger partial charge < -0.3 is 4.57 Å². The van der Waals surface area contributed by atoms with Gasteiger partial charge >= 0.3 is 0 Å². The summed E-state index contributed by atoms with van der Waals surface area (Å²) in [7, 11) is 0. The second-order valence-corrected chi connectivity index (χ2v) is 6.84. The van der Waals surface area contributed by atoms with E-state index >= 15 is 0 Å². The SMILES string of the molecule is CC(C#N)(CCCn1ccnc1-c1cccs1)NC1CC1. The molecule has 0 aromatic carbocycles. The monoisotopic (exact) mass is 300 g/mol. The van der Waals surface area contributed by atoms with Crippen molar-refractivity contribution in [3.63, 3.8) is 0 Å². The average Bonchev–Trinajstić information content (AvgIpc) is 2.96. The molecule has 0 radical (unpaired) electrons. The zero-order valence-corrected chi connectivity index (χ0v) is 13.1. The molecule has 1 saturated carbocycles. The molecule has 1 N–H and O–H groups in total. The molecule has 110 valence electrons. The summed E-state index contributed by atoms with van der Waals surface area (Å²) in [6.07, 6.45) is 8.12. The van der Waals surface area contributed by atoms with Crippen molar-refractivity contribution in [2.24, 2.45) is 0 Å². The summed E-state index contributed by atoms with van der Waals surface area (Å²) in [5, 5.41) is 14.9. The predicted octanol–water partition coefficient (Wildman–Crippen LogP) is 3.43. The molecule has 5 heteroatoms. The van der Waals surface area contributed by atoms with E-state index in [1.54, 1.807) is 11.3 Å². The van der Waals surface area contributed by atoms with E-state index < -0.39 is 5.54 Å². The fourth-order valence-electron chi connectivity index (χ4n) is 2.56. The summed E-state index contributed by atoms with van der Waals surface area (Å²) in [4.78, 5) is 5.64. The lowest BCUT2D eigenvalue weighted by molar-refractivity contribution is 0.392. The van der Waals surface area contributed by atoms with Gasteiger partial charge in [0.15, 0.2) is 0 Å². The van der Waals surface area contributed by atoms with E-state index in [1.807, 2.05) is 25.4 Å². The van der Waals surface area contributed by atoms with Gasteiger partial charge in [-0.1, -0.05) is 6.07 Å². The van der Waals surface area contributed by atoms with Crippen molar-refractivity contribution in [3.05, 3.63) is 29.9 Å². The van der Waals surface area contributed by atoms with E-state index in [1.165, 1.54) is 17.7 Å². The Morgan fingerprint density at radius 3 is 3.10 bits per heavy atom. The van der Waals surface area contributed by atoms with Gasteiger partial charge in [-0.25, -0.2) is 4.98 Å². The number of aromatic nitrogens is 2. The number of imidazole rings is 1. The van der Waals surface area contributed by atoms with Crippen LogP contribution in [0, 0.1) is 11.3 Å². The molecule has 1 unspecified atom stereocenters. The Labute approximate surface area is 129 Å². The molecule has 0 saturated heterocycles. The highest BCUT2D eigenvalue weighted by molar-refractivity contribution is 7.13. The van der Waals surface area contributed by atoms with Gasteiger partial charge in [0.2, 0.25) is 0 Å². The number of hydrogen-bond acceptors (Lipinski definition) is 4. The Morgan fingerprint density at radius 2 is 2.43 bits per heavy atom. The highest BCUT2D eigenvalue weighted by Gasteiger charge is 2.31. The third-order valence-corrected chi connectivity index (χ3v) is 4.75. The first-order chi connectivity index (χ1) is 10.2. The largest absolute Gasteiger partial charge is 0.330 e. The van der Waals surface area contributed by atoms with E-state index in [-0.39, 0.29) is 0 Å². The van der Waals surface area contributed by atoms with Gasteiger partial charge in [-0.05, 0) is 44.1 Å². The van der Waals surface area contributed by atoms with Crippen molar-refractivity contribution in [1.29, 1.82) is 5.26 Å². The Kier molecular flexibility index (Phi) is 4.09. The van der Waals surface area contributed by atoms with Crippen LogP contribution in [0.3, 0.4) is 0 Å². The van der Waals surface area contributed by atoms with Gasteiger partial charge in [0.1, 0.15) is 11.4 Å². The summed E-state index contributed by atoms with van der Waals surface area (Å²) < 4.78 is 2.18. The number of nitriles is 1. The van der Waals surface area contributed by atoms with Crippen LogP contribution >= 0.6 is 11.3 Å². The van der Waals surface area contributed by atoms with E-state index in [9.17, 15) is 5.26 Å². The molecular weight excluding hydrogens is 280 g/mol. The minimum absolute atomic E-state index is 0.398. The lowest BCUT2D eigenvalue weighted by Gasteiger charge is -2.23. The van der Waals surface area contributed by atoms with E-state index in [2.05, 4.69) is 32.4 Å². The molecule has 1 aliphatic carbocycles. The third kappa shape index (κ3) is 3.52. The molecular formula is C16H20N4S. The second-order valence-electron chi connectivity index (χ2n) is 5.89. The van der Waals surface area contributed by atoms with Crippen LogP contribution < -0.4 is 5.32 Å². The van der Waals surface area contributed by atoms with Gasteiger partial charge in [-0.15, -0.1) is 11.3 Å². The summed E-state index contributed by atoms with van der Waals surface area (Å²) in [5.74, 6) is 1.03. The molecule has 1 fully saturated rings. The summed E-state index contributed by atoms with van der Waals surface area (Å²) in [6.45, 7) is 2.91. The summed E-state index contributed by atoms with van der Waals surface area (Å²) in [5.41, 5.74) is -0.398. The summed E-state index contributed by atoms with van der Waals surface area (Å²) in [6, 6.07) is 7.14. The summed E-state index contributed by atoms with van der Waals surface area (Å²) >= 11 is 1.71. The van der Waals surface area contributed by atoms with Crippen LogP contribution in [0.1, 0.15) is 32.6 Å². The minimum atomic E-state index is -0.398. The van der Waals surface area contributed by atoms with Gasteiger partial charge in [0, 0.05) is 25.0 Å². The highest BCUT2D eigenvalue weighted by Crippen LogP contribution is 2.26. The fraction of sp³-hybridized carbons (Fsp3) is 0.500. The quantitative estimate of drug-likeness (QED) is 0.852. The van der Waals surface area contributed by atoms with Gasteiger partial charge in [-0.2, -0.15) is 5.26 Å². The van der Waals surface area contributed by atoms with Crippen LogP contribution in [0.25, 0.3) is 10.7 Å². The Balaban J connectivity index is 1.58. The molecule has 21 heavy (non-hydrogen) atoms. The molecule has 2 aromatic heterocycles.